The summed E-state index contributed by atoms with van der Waals surface area (Å²) >= 11 is 0. The van der Waals surface area contributed by atoms with Gasteiger partial charge in [-0.1, -0.05) is 18.6 Å². The highest BCUT2D eigenvalue weighted by Crippen LogP contribution is 2.20. The molecule has 1 aromatic carbocycles. The molecule has 1 N–H and O–H groups in total. The average molecular weight is 261 g/mol. The summed E-state index contributed by atoms with van der Waals surface area (Å²) in [6.45, 7) is 2.73. The molecule has 3 heteroatoms. The van der Waals surface area contributed by atoms with Crippen LogP contribution in [0.3, 0.4) is 0 Å². The van der Waals surface area contributed by atoms with Gasteiger partial charge in [-0.05, 0) is 43.5 Å². The molecule has 2 unspecified atom stereocenters. The van der Waals surface area contributed by atoms with Crippen LogP contribution in [0, 0.1) is 0 Å². The van der Waals surface area contributed by atoms with Crippen molar-refractivity contribution in [2.24, 2.45) is 0 Å². The van der Waals surface area contributed by atoms with Crippen molar-refractivity contribution in [2.75, 3.05) is 19.8 Å². The first-order chi connectivity index (χ1) is 9.40. The van der Waals surface area contributed by atoms with E-state index < -0.39 is 0 Å². The van der Waals surface area contributed by atoms with Gasteiger partial charge in [-0.2, -0.15) is 0 Å². The van der Waals surface area contributed by atoms with E-state index in [-0.39, 0.29) is 6.10 Å². The maximum absolute atomic E-state index is 5.96. The lowest BCUT2D eigenvalue weighted by molar-refractivity contribution is 0.141. The van der Waals surface area contributed by atoms with Crippen molar-refractivity contribution in [1.29, 1.82) is 0 Å². The van der Waals surface area contributed by atoms with Crippen LogP contribution >= 0.6 is 0 Å². The van der Waals surface area contributed by atoms with Gasteiger partial charge < -0.3 is 14.8 Å². The van der Waals surface area contributed by atoms with E-state index in [2.05, 4.69) is 29.6 Å². The summed E-state index contributed by atoms with van der Waals surface area (Å²) < 4.78 is 11.3. The van der Waals surface area contributed by atoms with Gasteiger partial charge in [0.1, 0.15) is 11.9 Å². The van der Waals surface area contributed by atoms with Crippen LogP contribution in [0.4, 0.5) is 0 Å². The molecule has 19 heavy (non-hydrogen) atoms. The molecule has 0 radical (unpaired) electrons. The Balaban J connectivity index is 1.58. The van der Waals surface area contributed by atoms with Crippen molar-refractivity contribution in [3.8, 4) is 5.75 Å². The predicted molar refractivity (Wildman–Crippen MR) is 75.6 cm³/mol. The summed E-state index contributed by atoms with van der Waals surface area (Å²) in [5.41, 5.74) is 1.37. The molecule has 2 aliphatic rings. The molecule has 0 aromatic heterocycles. The highest BCUT2D eigenvalue weighted by molar-refractivity contribution is 5.29. The molecule has 0 aliphatic carbocycles. The first-order valence-electron chi connectivity index (χ1n) is 7.47. The largest absolute Gasteiger partial charge is 0.488 e. The number of hydrogen-bond acceptors (Lipinski definition) is 3. The van der Waals surface area contributed by atoms with Crippen LogP contribution in [0.2, 0.25) is 0 Å². The van der Waals surface area contributed by atoms with Crippen LogP contribution in [0.25, 0.3) is 0 Å². The van der Waals surface area contributed by atoms with Crippen molar-refractivity contribution in [3.63, 3.8) is 0 Å². The average Bonchev–Trinajstić information content (AvgIpc) is 2.93. The third-order valence-corrected chi connectivity index (χ3v) is 3.98. The topological polar surface area (TPSA) is 30.5 Å². The monoisotopic (exact) mass is 261 g/mol. The highest BCUT2D eigenvalue weighted by Gasteiger charge is 2.17. The molecule has 0 bridgehead atoms. The Morgan fingerprint density at radius 3 is 3.05 bits per heavy atom. The van der Waals surface area contributed by atoms with Crippen molar-refractivity contribution in [1.82, 2.24) is 5.32 Å². The second-order valence-corrected chi connectivity index (χ2v) is 5.60. The molecule has 104 valence electrons. The Morgan fingerprint density at radius 2 is 2.26 bits per heavy atom. The van der Waals surface area contributed by atoms with E-state index >= 15 is 0 Å². The molecule has 0 amide bonds. The van der Waals surface area contributed by atoms with Gasteiger partial charge in [0.2, 0.25) is 0 Å². The summed E-state index contributed by atoms with van der Waals surface area (Å²) in [7, 11) is 0. The highest BCUT2D eigenvalue weighted by atomic mass is 16.5. The van der Waals surface area contributed by atoms with E-state index in [9.17, 15) is 0 Å². The van der Waals surface area contributed by atoms with E-state index in [4.69, 9.17) is 9.47 Å². The number of benzene rings is 1. The SMILES string of the molecule is c1cc(CC2CCCCN2)cc(OC2CCOC2)c1. The van der Waals surface area contributed by atoms with Crippen molar-refractivity contribution in [2.45, 2.75) is 44.2 Å². The fraction of sp³-hybridized carbons (Fsp3) is 0.625. The predicted octanol–water partition coefficient (Wildman–Crippen LogP) is 2.54. The van der Waals surface area contributed by atoms with Crippen LogP contribution in [0.15, 0.2) is 24.3 Å². The Labute approximate surface area is 115 Å². The molecule has 0 spiro atoms. The van der Waals surface area contributed by atoms with Crippen molar-refractivity contribution in [3.05, 3.63) is 29.8 Å². The summed E-state index contributed by atoms with van der Waals surface area (Å²) in [6.07, 6.45) is 6.33. The Bertz CT molecular complexity index is 395. The normalized spacial score (nSPS) is 27.4. The smallest absolute Gasteiger partial charge is 0.124 e. The lowest BCUT2D eigenvalue weighted by Crippen LogP contribution is -2.35. The van der Waals surface area contributed by atoms with Gasteiger partial charge in [-0.25, -0.2) is 0 Å². The van der Waals surface area contributed by atoms with Gasteiger partial charge in [0, 0.05) is 12.5 Å². The summed E-state index contributed by atoms with van der Waals surface area (Å²) in [5.74, 6) is 0.990. The molecule has 1 aromatic rings. The number of nitrogens with one attached hydrogen (secondary N) is 1. The van der Waals surface area contributed by atoms with Gasteiger partial charge in [0.25, 0.3) is 0 Å². The maximum Gasteiger partial charge on any atom is 0.124 e. The Kier molecular flexibility index (Phi) is 4.36. The molecule has 3 rings (SSSR count). The Hall–Kier alpha value is -1.06. The summed E-state index contributed by atoms with van der Waals surface area (Å²) in [4.78, 5) is 0. The van der Waals surface area contributed by atoms with Crippen LogP contribution in [0.5, 0.6) is 5.75 Å². The van der Waals surface area contributed by atoms with Crippen LogP contribution in [-0.2, 0) is 11.2 Å². The lowest BCUT2D eigenvalue weighted by atomic mass is 9.98. The first kappa shape index (κ1) is 12.9. The molecule has 2 aliphatic heterocycles. The minimum absolute atomic E-state index is 0.239. The number of piperidine rings is 1. The van der Waals surface area contributed by atoms with Gasteiger partial charge in [0.05, 0.1) is 13.2 Å². The third kappa shape index (κ3) is 3.71. The minimum atomic E-state index is 0.239. The van der Waals surface area contributed by atoms with Crippen LogP contribution < -0.4 is 10.1 Å². The van der Waals surface area contributed by atoms with Gasteiger partial charge in [-0.3, -0.25) is 0 Å². The molecule has 0 saturated carbocycles. The molecule has 2 atom stereocenters. The fourth-order valence-electron chi connectivity index (χ4n) is 2.93. The van der Waals surface area contributed by atoms with Crippen molar-refractivity contribution >= 4 is 0 Å². The third-order valence-electron chi connectivity index (χ3n) is 3.98. The number of rotatable bonds is 4. The zero-order chi connectivity index (χ0) is 12.9. The second-order valence-electron chi connectivity index (χ2n) is 5.60. The van der Waals surface area contributed by atoms with E-state index in [1.807, 2.05) is 0 Å². The van der Waals surface area contributed by atoms with E-state index in [1.165, 1.54) is 31.4 Å². The van der Waals surface area contributed by atoms with Gasteiger partial charge in [-0.15, -0.1) is 0 Å². The zero-order valence-electron chi connectivity index (χ0n) is 11.4. The summed E-state index contributed by atoms with van der Waals surface area (Å²) in [6, 6.07) is 9.18. The molecular formula is C16H23NO2. The molecule has 3 nitrogen and oxygen atoms in total. The number of ether oxygens (including phenoxy) is 2. The lowest BCUT2D eigenvalue weighted by Gasteiger charge is -2.23. The summed E-state index contributed by atoms with van der Waals surface area (Å²) in [5, 5.41) is 3.60. The minimum Gasteiger partial charge on any atom is -0.488 e. The molecule has 2 fully saturated rings. The maximum atomic E-state index is 5.96. The van der Waals surface area contributed by atoms with E-state index in [1.54, 1.807) is 0 Å². The fourth-order valence-corrected chi connectivity index (χ4v) is 2.93. The Morgan fingerprint density at radius 1 is 1.26 bits per heavy atom. The standard InChI is InChI=1S/C16H23NO2/c1-2-8-17-14(5-1)10-13-4-3-6-15(11-13)19-16-7-9-18-12-16/h3-4,6,11,14,16-17H,1-2,5,7-10,12H2. The van der Waals surface area contributed by atoms with E-state index in [0.29, 0.717) is 6.04 Å². The first-order valence-corrected chi connectivity index (χ1v) is 7.47. The van der Waals surface area contributed by atoms with Gasteiger partial charge in [0.15, 0.2) is 0 Å². The zero-order valence-corrected chi connectivity index (χ0v) is 11.4. The van der Waals surface area contributed by atoms with E-state index in [0.717, 1.165) is 31.8 Å². The quantitative estimate of drug-likeness (QED) is 0.903. The van der Waals surface area contributed by atoms with Crippen LogP contribution in [0.1, 0.15) is 31.2 Å². The molecular weight excluding hydrogens is 238 g/mol. The molecule has 2 heterocycles. The second kappa shape index (κ2) is 6.40. The van der Waals surface area contributed by atoms with Gasteiger partial charge >= 0.3 is 0 Å². The van der Waals surface area contributed by atoms with Crippen molar-refractivity contribution < 1.29 is 9.47 Å². The molecule has 2 saturated heterocycles. The van der Waals surface area contributed by atoms with Crippen LogP contribution in [-0.4, -0.2) is 31.9 Å². The number of hydrogen-bond donors (Lipinski definition) is 1.